The number of pyridine rings is 1. The second kappa shape index (κ2) is 8.76. The molecule has 0 aliphatic heterocycles. The maximum absolute atomic E-state index is 5.82. The third kappa shape index (κ3) is 5.66. The van der Waals surface area contributed by atoms with Crippen LogP contribution in [0.25, 0.3) is 0 Å². The highest BCUT2D eigenvalue weighted by molar-refractivity contribution is 9.10. The van der Waals surface area contributed by atoms with E-state index in [9.17, 15) is 0 Å². The van der Waals surface area contributed by atoms with Crippen molar-refractivity contribution in [1.82, 2.24) is 10.3 Å². The van der Waals surface area contributed by atoms with Crippen LogP contribution in [0.3, 0.4) is 0 Å². The van der Waals surface area contributed by atoms with Crippen molar-refractivity contribution in [3.8, 4) is 11.6 Å². The first-order chi connectivity index (χ1) is 10.6. The number of nitrogens with zero attached hydrogens (tertiary/aromatic N) is 1. The van der Waals surface area contributed by atoms with Crippen LogP contribution in [0.2, 0.25) is 0 Å². The van der Waals surface area contributed by atoms with Crippen LogP contribution < -0.4 is 14.8 Å². The molecule has 1 N–H and O–H groups in total. The molecule has 1 heterocycles. The van der Waals surface area contributed by atoms with Gasteiger partial charge < -0.3 is 14.8 Å². The van der Waals surface area contributed by atoms with Crippen molar-refractivity contribution in [2.24, 2.45) is 0 Å². The van der Waals surface area contributed by atoms with E-state index in [0.29, 0.717) is 12.5 Å². The molecular formula is C17H21BrN2O2. The standard InChI is InChI=1S/C17H21BrN2O2/c1-13(2)22-16-7-6-15(18)11-14(16)12-19-9-10-21-17-5-3-4-8-20-17/h3-8,11,13,19H,9-10,12H2,1-2H3. The van der Waals surface area contributed by atoms with Crippen molar-refractivity contribution in [1.29, 1.82) is 0 Å². The Morgan fingerprint density at radius 3 is 2.82 bits per heavy atom. The van der Waals surface area contributed by atoms with Gasteiger partial charge in [0.15, 0.2) is 0 Å². The maximum Gasteiger partial charge on any atom is 0.213 e. The van der Waals surface area contributed by atoms with Crippen LogP contribution in [0.1, 0.15) is 19.4 Å². The molecule has 5 heteroatoms. The molecule has 0 unspecified atom stereocenters. The predicted octanol–water partition coefficient (Wildman–Crippen LogP) is 3.80. The zero-order valence-electron chi connectivity index (χ0n) is 12.9. The summed E-state index contributed by atoms with van der Waals surface area (Å²) >= 11 is 3.50. The Hall–Kier alpha value is -1.59. The van der Waals surface area contributed by atoms with Gasteiger partial charge in [0, 0.05) is 35.4 Å². The molecule has 1 aromatic heterocycles. The first-order valence-corrected chi connectivity index (χ1v) is 8.14. The highest BCUT2D eigenvalue weighted by Crippen LogP contribution is 2.24. The minimum Gasteiger partial charge on any atom is -0.491 e. The highest BCUT2D eigenvalue weighted by atomic mass is 79.9. The van der Waals surface area contributed by atoms with Gasteiger partial charge in [0.05, 0.1) is 6.10 Å². The summed E-state index contributed by atoms with van der Waals surface area (Å²) in [5, 5.41) is 3.36. The molecule has 0 aliphatic carbocycles. The number of hydrogen-bond donors (Lipinski definition) is 1. The molecule has 0 bridgehead atoms. The average Bonchev–Trinajstić information content (AvgIpc) is 2.50. The van der Waals surface area contributed by atoms with E-state index in [-0.39, 0.29) is 6.10 Å². The van der Waals surface area contributed by atoms with Gasteiger partial charge in [0.1, 0.15) is 12.4 Å². The summed E-state index contributed by atoms with van der Waals surface area (Å²) in [4.78, 5) is 4.12. The molecule has 0 spiro atoms. The number of aromatic nitrogens is 1. The molecule has 0 atom stereocenters. The lowest BCUT2D eigenvalue weighted by molar-refractivity contribution is 0.239. The Balaban J connectivity index is 1.79. The summed E-state index contributed by atoms with van der Waals surface area (Å²) in [6.45, 7) is 6.10. The SMILES string of the molecule is CC(C)Oc1ccc(Br)cc1CNCCOc1ccccn1. The van der Waals surface area contributed by atoms with Crippen LogP contribution in [0.5, 0.6) is 11.6 Å². The van der Waals surface area contributed by atoms with Crippen LogP contribution in [0.15, 0.2) is 47.1 Å². The van der Waals surface area contributed by atoms with Crippen molar-refractivity contribution < 1.29 is 9.47 Å². The summed E-state index contributed by atoms with van der Waals surface area (Å²) < 4.78 is 12.4. The van der Waals surface area contributed by atoms with E-state index in [0.717, 1.165) is 28.9 Å². The quantitative estimate of drug-likeness (QED) is 0.723. The summed E-state index contributed by atoms with van der Waals surface area (Å²) in [6.07, 6.45) is 1.88. The van der Waals surface area contributed by atoms with Gasteiger partial charge in [-0.15, -0.1) is 0 Å². The Morgan fingerprint density at radius 1 is 1.23 bits per heavy atom. The largest absolute Gasteiger partial charge is 0.491 e. The number of rotatable bonds is 8. The second-order valence-corrected chi connectivity index (χ2v) is 6.03. The molecule has 0 amide bonds. The zero-order chi connectivity index (χ0) is 15.8. The van der Waals surface area contributed by atoms with E-state index in [2.05, 4.69) is 32.3 Å². The lowest BCUT2D eigenvalue weighted by Gasteiger charge is -2.15. The third-order valence-corrected chi connectivity index (χ3v) is 3.36. The van der Waals surface area contributed by atoms with E-state index >= 15 is 0 Å². The minimum atomic E-state index is 0.160. The van der Waals surface area contributed by atoms with Gasteiger partial charge in [-0.2, -0.15) is 0 Å². The van der Waals surface area contributed by atoms with Gasteiger partial charge >= 0.3 is 0 Å². The minimum absolute atomic E-state index is 0.160. The number of ether oxygens (including phenoxy) is 2. The summed E-state index contributed by atoms with van der Waals surface area (Å²) in [6, 6.07) is 11.7. The van der Waals surface area contributed by atoms with E-state index in [4.69, 9.17) is 9.47 Å². The topological polar surface area (TPSA) is 43.4 Å². The van der Waals surface area contributed by atoms with E-state index in [1.807, 2.05) is 44.2 Å². The Morgan fingerprint density at radius 2 is 2.09 bits per heavy atom. The third-order valence-electron chi connectivity index (χ3n) is 2.87. The summed E-state index contributed by atoms with van der Waals surface area (Å²) in [5.41, 5.74) is 1.13. The second-order valence-electron chi connectivity index (χ2n) is 5.11. The monoisotopic (exact) mass is 364 g/mol. The molecular weight excluding hydrogens is 344 g/mol. The van der Waals surface area contributed by atoms with Crippen molar-refractivity contribution in [3.63, 3.8) is 0 Å². The fourth-order valence-electron chi connectivity index (χ4n) is 1.94. The molecule has 0 fully saturated rings. The molecule has 0 saturated heterocycles. The van der Waals surface area contributed by atoms with Crippen molar-refractivity contribution >= 4 is 15.9 Å². The Bertz CT molecular complexity index is 576. The first-order valence-electron chi connectivity index (χ1n) is 7.35. The lowest BCUT2D eigenvalue weighted by Crippen LogP contribution is -2.21. The van der Waals surface area contributed by atoms with Crippen molar-refractivity contribution in [2.45, 2.75) is 26.5 Å². The van der Waals surface area contributed by atoms with Crippen molar-refractivity contribution in [3.05, 3.63) is 52.6 Å². The molecule has 0 aliphatic rings. The Kier molecular flexibility index (Phi) is 6.68. The molecule has 2 rings (SSSR count). The van der Waals surface area contributed by atoms with Gasteiger partial charge in [-0.1, -0.05) is 22.0 Å². The lowest BCUT2D eigenvalue weighted by atomic mass is 10.2. The number of halogens is 1. The first kappa shape index (κ1) is 16.8. The van der Waals surface area contributed by atoms with Crippen LogP contribution in [0, 0.1) is 0 Å². The van der Waals surface area contributed by atoms with Gasteiger partial charge in [-0.05, 0) is 38.1 Å². The van der Waals surface area contributed by atoms with Gasteiger partial charge in [-0.3, -0.25) is 0 Å². The van der Waals surface area contributed by atoms with E-state index < -0.39 is 0 Å². The average molecular weight is 365 g/mol. The molecule has 22 heavy (non-hydrogen) atoms. The fourth-order valence-corrected chi connectivity index (χ4v) is 2.35. The summed E-state index contributed by atoms with van der Waals surface area (Å²) in [5.74, 6) is 1.56. The van der Waals surface area contributed by atoms with Gasteiger partial charge in [0.2, 0.25) is 5.88 Å². The highest BCUT2D eigenvalue weighted by Gasteiger charge is 2.06. The molecule has 2 aromatic rings. The van der Waals surface area contributed by atoms with Crippen molar-refractivity contribution in [2.75, 3.05) is 13.2 Å². The van der Waals surface area contributed by atoms with Crippen LogP contribution in [0.4, 0.5) is 0 Å². The molecule has 0 radical (unpaired) electrons. The molecule has 4 nitrogen and oxygen atoms in total. The predicted molar refractivity (Wildman–Crippen MR) is 91.3 cm³/mol. The summed E-state index contributed by atoms with van der Waals surface area (Å²) in [7, 11) is 0. The fraction of sp³-hybridized carbons (Fsp3) is 0.353. The smallest absolute Gasteiger partial charge is 0.213 e. The van der Waals surface area contributed by atoms with Crippen LogP contribution >= 0.6 is 15.9 Å². The number of benzene rings is 1. The molecule has 0 saturated carbocycles. The number of nitrogens with one attached hydrogen (secondary N) is 1. The molecule has 118 valence electrons. The van der Waals surface area contributed by atoms with Crippen LogP contribution in [-0.4, -0.2) is 24.2 Å². The maximum atomic E-state index is 5.82. The Labute approximate surface area is 140 Å². The van der Waals surface area contributed by atoms with Crippen LogP contribution in [-0.2, 0) is 6.54 Å². The van der Waals surface area contributed by atoms with E-state index in [1.165, 1.54) is 0 Å². The van der Waals surface area contributed by atoms with E-state index in [1.54, 1.807) is 6.20 Å². The number of hydrogen-bond acceptors (Lipinski definition) is 4. The molecule has 1 aromatic carbocycles. The van der Waals surface area contributed by atoms with Gasteiger partial charge in [0.25, 0.3) is 0 Å². The van der Waals surface area contributed by atoms with Gasteiger partial charge in [-0.25, -0.2) is 4.98 Å². The zero-order valence-corrected chi connectivity index (χ0v) is 14.5. The normalized spacial score (nSPS) is 10.7.